The molecular formula is C20H19N3O3. The SMILES string of the molecule is O=C1c2ccccc2C(=O)N1CCNC(=O)N1CCCc2ccccc21. The van der Waals surface area contributed by atoms with Gasteiger partial charge in [0.2, 0.25) is 0 Å². The number of hydrogen-bond acceptors (Lipinski definition) is 3. The fourth-order valence-corrected chi connectivity index (χ4v) is 3.56. The summed E-state index contributed by atoms with van der Waals surface area (Å²) in [6.45, 7) is 1.05. The highest BCUT2D eigenvalue weighted by atomic mass is 16.2. The van der Waals surface area contributed by atoms with Gasteiger partial charge >= 0.3 is 6.03 Å². The molecule has 1 N–H and O–H groups in total. The fraction of sp³-hybridized carbons (Fsp3) is 0.250. The smallest absolute Gasteiger partial charge is 0.321 e. The molecule has 0 atom stereocenters. The number of amides is 4. The number of anilines is 1. The molecule has 132 valence electrons. The lowest BCUT2D eigenvalue weighted by Gasteiger charge is -2.29. The zero-order valence-corrected chi connectivity index (χ0v) is 14.3. The molecule has 0 fully saturated rings. The molecule has 0 spiro atoms. The molecule has 6 nitrogen and oxygen atoms in total. The van der Waals surface area contributed by atoms with Crippen molar-refractivity contribution in [2.45, 2.75) is 12.8 Å². The maximum Gasteiger partial charge on any atom is 0.321 e. The third kappa shape index (κ3) is 2.73. The molecule has 0 radical (unpaired) electrons. The zero-order valence-electron chi connectivity index (χ0n) is 14.3. The van der Waals surface area contributed by atoms with Crippen molar-refractivity contribution in [1.29, 1.82) is 0 Å². The summed E-state index contributed by atoms with van der Waals surface area (Å²) < 4.78 is 0. The number of nitrogens with one attached hydrogen (secondary N) is 1. The minimum absolute atomic E-state index is 0.160. The van der Waals surface area contributed by atoms with Gasteiger partial charge in [0.1, 0.15) is 0 Å². The Morgan fingerprint density at radius 3 is 2.35 bits per heavy atom. The summed E-state index contributed by atoms with van der Waals surface area (Å²) in [7, 11) is 0. The highest BCUT2D eigenvalue weighted by Crippen LogP contribution is 2.26. The van der Waals surface area contributed by atoms with Crippen molar-refractivity contribution in [2.24, 2.45) is 0 Å². The molecule has 4 rings (SSSR count). The Labute approximate surface area is 151 Å². The van der Waals surface area contributed by atoms with E-state index >= 15 is 0 Å². The predicted octanol–water partition coefficient (Wildman–Crippen LogP) is 2.45. The van der Waals surface area contributed by atoms with Gasteiger partial charge in [-0.25, -0.2) is 4.79 Å². The van der Waals surface area contributed by atoms with Gasteiger partial charge in [-0.15, -0.1) is 0 Å². The molecule has 4 amide bonds. The second-order valence-electron chi connectivity index (χ2n) is 6.42. The summed E-state index contributed by atoms with van der Waals surface area (Å²) in [6, 6.07) is 14.5. The zero-order chi connectivity index (χ0) is 18.1. The van der Waals surface area contributed by atoms with Crippen molar-refractivity contribution in [2.75, 3.05) is 24.5 Å². The van der Waals surface area contributed by atoms with E-state index in [0.717, 1.165) is 24.1 Å². The van der Waals surface area contributed by atoms with Crippen molar-refractivity contribution in [3.05, 3.63) is 65.2 Å². The molecule has 6 heteroatoms. The number of benzene rings is 2. The summed E-state index contributed by atoms with van der Waals surface area (Å²) >= 11 is 0. The van der Waals surface area contributed by atoms with Crippen LogP contribution in [0.15, 0.2) is 48.5 Å². The molecular weight excluding hydrogens is 330 g/mol. The first kappa shape index (κ1) is 16.3. The van der Waals surface area contributed by atoms with E-state index in [1.54, 1.807) is 29.2 Å². The first-order valence-electron chi connectivity index (χ1n) is 8.75. The topological polar surface area (TPSA) is 69.7 Å². The van der Waals surface area contributed by atoms with Crippen molar-refractivity contribution < 1.29 is 14.4 Å². The first-order valence-corrected chi connectivity index (χ1v) is 8.75. The molecule has 0 saturated carbocycles. The van der Waals surface area contributed by atoms with E-state index in [4.69, 9.17) is 0 Å². The van der Waals surface area contributed by atoms with Crippen LogP contribution in [0.25, 0.3) is 0 Å². The molecule has 2 aromatic carbocycles. The monoisotopic (exact) mass is 349 g/mol. The van der Waals surface area contributed by atoms with E-state index in [1.165, 1.54) is 4.90 Å². The Morgan fingerprint density at radius 2 is 1.62 bits per heavy atom. The third-order valence-electron chi connectivity index (χ3n) is 4.85. The largest absolute Gasteiger partial charge is 0.336 e. The number of hydrogen-bond donors (Lipinski definition) is 1. The summed E-state index contributed by atoms with van der Waals surface area (Å²) in [6.07, 6.45) is 1.89. The highest BCUT2D eigenvalue weighted by molar-refractivity contribution is 6.21. The Kier molecular flexibility index (Phi) is 4.16. The molecule has 2 heterocycles. The molecule has 0 aromatic heterocycles. The highest BCUT2D eigenvalue weighted by Gasteiger charge is 2.34. The van der Waals surface area contributed by atoms with E-state index in [1.807, 2.05) is 24.3 Å². The van der Waals surface area contributed by atoms with Gasteiger partial charge in [-0.3, -0.25) is 19.4 Å². The molecule has 0 aliphatic carbocycles. The van der Waals surface area contributed by atoms with Crippen molar-refractivity contribution in [3.8, 4) is 0 Å². The molecule has 0 saturated heterocycles. The Morgan fingerprint density at radius 1 is 0.962 bits per heavy atom. The maximum absolute atomic E-state index is 12.5. The molecule has 0 unspecified atom stereocenters. The Bertz CT molecular complexity index is 858. The molecule has 2 aliphatic rings. The number of para-hydroxylation sites is 1. The standard InChI is InChI=1S/C20H19N3O3/c24-18-15-8-2-3-9-16(15)19(25)23(18)13-11-21-20(26)22-12-5-7-14-6-1-4-10-17(14)22/h1-4,6,8-10H,5,7,11-13H2,(H,21,26). The molecule has 26 heavy (non-hydrogen) atoms. The van der Waals surface area contributed by atoms with E-state index in [2.05, 4.69) is 5.32 Å². The van der Waals surface area contributed by atoms with Gasteiger partial charge in [0, 0.05) is 25.3 Å². The summed E-state index contributed by atoms with van der Waals surface area (Å²) in [5.74, 6) is -0.605. The van der Waals surface area contributed by atoms with E-state index in [9.17, 15) is 14.4 Å². The number of carbonyl (C=O) groups is 3. The predicted molar refractivity (Wildman–Crippen MR) is 97.3 cm³/mol. The van der Waals surface area contributed by atoms with Crippen LogP contribution in [0.2, 0.25) is 0 Å². The van der Waals surface area contributed by atoms with Gasteiger partial charge in [0.05, 0.1) is 11.1 Å². The number of carbonyl (C=O) groups excluding carboxylic acids is 3. The normalized spacial score (nSPS) is 15.7. The van der Waals surface area contributed by atoms with Gasteiger partial charge in [-0.1, -0.05) is 30.3 Å². The Balaban J connectivity index is 1.38. The van der Waals surface area contributed by atoms with Crippen LogP contribution < -0.4 is 10.2 Å². The van der Waals surface area contributed by atoms with Crippen LogP contribution in [-0.2, 0) is 6.42 Å². The molecule has 0 bridgehead atoms. The van der Waals surface area contributed by atoms with Crippen molar-refractivity contribution in [1.82, 2.24) is 10.2 Å². The first-order chi connectivity index (χ1) is 12.7. The number of fused-ring (bicyclic) bond motifs is 2. The maximum atomic E-state index is 12.5. The number of urea groups is 1. The number of imide groups is 1. The molecule has 2 aliphatic heterocycles. The number of nitrogens with zero attached hydrogens (tertiary/aromatic N) is 2. The minimum atomic E-state index is -0.303. The lowest BCUT2D eigenvalue weighted by Crippen LogP contribution is -2.46. The van der Waals surface area contributed by atoms with Crippen LogP contribution in [0, 0.1) is 0 Å². The second kappa shape index (κ2) is 6.63. The third-order valence-corrected chi connectivity index (χ3v) is 4.85. The average Bonchev–Trinajstić information content (AvgIpc) is 2.92. The van der Waals surface area contributed by atoms with Gasteiger partial charge < -0.3 is 5.32 Å². The average molecular weight is 349 g/mol. The van der Waals surface area contributed by atoms with E-state index in [0.29, 0.717) is 17.7 Å². The lowest BCUT2D eigenvalue weighted by atomic mass is 10.0. The summed E-state index contributed by atoms with van der Waals surface area (Å²) in [5.41, 5.74) is 2.94. The second-order valence-corrected chi connectivity index (χ2v) is 6.42. The van der Waals surface area contributed by atoms with Gasteiger partial charge in [0.25, 0.3) is 11.8 Å². The fourth-order valence-electron chi connectivity index (χ4n) is 3.56. The van der Waals surface area contributed by atoms with Crippen molar-refractivity contribution in [3.63, 3.8) is 0 Å². The van der Waals surface area contributed by atoms with Crippen LogP contribution >= 0.6 is 0 Å². The van der Waals surface area contributed by atoms with Gasteiger partial charge in [0.15, 0.2) is 0 Å². The van der Waals surface area contributed by atoms with E-state index < -0.39 is 0 Å². The van der Waals surface area contributed by atoms with Crippen LogP contribution in [-0.4, -0.2) is 42.4 Å². The Hall–Kier alpha value is -3.15. The van der Waals surface area contributed by atoms with Gasteiger partial charge in [-0.05, 0) is 36.6 Å². The lowest BCUT2D eigenvalue weighted by molar-refractivity contribution is 0.0656. The van der Waals surface area contributed by atoms with Crippen LogP contribution in [0.1, 0.15) is 32.7 Å². The number of rotatable bonds is 3. The van der Waals surface area contributed by atoms with Gasteiger partial charge in [-0.2, -0.15) is 0 Å². The summed E-state index contributed by atoms with van der Waals surface area (Å²) in [5, 5.41) is 2.83. The quantitative estimate of drug-likeness (QED) is 0.866. The van der Waals surface area contributed by atoms with Crippen molar-refractivity contribution >= 4 is 23.5 Å². The minimum Gasteiger partial charge on any atom is -0.336 e. The summed E-state index contributed by atoms with van der Waals surface area (Å²) in [4.78, 5) is 40.1. The molecule has 2 aromatic rings. The van der Waals surface area contributed by atoms with Crippen LogP contribution in [0.3, 0.4) is 0 Å². The van der Waals surface area contributed by atoms with Crippen LogP contribution in [0.4, 0.5) is 10.5 Å². The van der Waals surface area contributed by atoms with Crippen LogP contribution in [0.5, 0.6) is 0 Å². The van der Waals surface area contributed by atoms with E-state index in [-0.39, 0.29) is 30.9 Å². The number of aryl methyl sites for hydroxylation is 1.